The van der Waals surface area contributed by atoms with E-state index in [0.29, 0.717) is 11.2 Å². The second-order valence-electron chi connectivity index (χ2n) is 4.71. The molecule has 1 unspecified atom stereocenters. The summed E-state index contributed by atoms with van der Waals surface area (Å²) in [5.74, 6) is 0. The summed E-state index contributed by atoms with van der Waals surface area (Å²) >= 11 is 5.88. The number of benzene rings is 1. The van der Waals surface area contributed by atoms with Crippen LogP contribution in [0.1, 0.15) is 24.6 Å². The maximum absolute atomic E-state index is 5.88. The summed E-state index contributed by atoms with van der Waals surface area (Å²) in [5, 5.41) is 4.09. The molecular weight excluding hydrogens is 256 g/mol. The maximum Gasteiger partial charge on any atom is 0.129 e. The van der Waals surface area contributed by atoms with Crippen LogP contribution in [0.25, 0.3) is 0 Å². The highest BCUT2D eigenvalue weighted by molar-refractivity contribution is 6.29. The van der Waals surface area contributed by atoms with E-state index in [2.05, 4.69) is 41.5 Å². The summed E-state index contributed by atoms with van der Waals surface area (Å²) in [6.07, 6.45) is 2.08. The molecule has 0 saturated carbocycles. The van der Waals surface area contributed by atoms with Gasteiger partial charge in [0.15, 0.2) is 0 Å². The second kappa shape index (κ2) is 6.58. The number of halogens is 1. The number of hydrogen-bond acceptors (Lipinski definition) is 2. The number of rotatable bonds is 5. The van der Waals surface area contributed by atoms with Crippen molar-refractivity contribution in [2.75, 3.05) is 5.32 Å². The Balaban J connectivity index is 2.06. The molecule has 0 spiro atoms. The lowest BCUT2D eigenvalue weighted by Crippen LogP contribution is -2.22. The smallest absolute Gasteiger partial charge is 0.129 e. The maximum atomic E-state index is 5.88. The van der Waals surface area contributed by atoms with Crippen LogP contribution in [0.2, 0.25) is 5.15 Å². The Hall–Kier alpha value is -1.54. The highest BCUT2D eigenvalue weighted by atomic mass is 35.5. The summed E-state index contributed by atoms with van der Waals surface area (Å²) in [5.41, 5.74) is 3.35. The number of pyridine rings is 1. The number of nitrogens with zero attached hydrogens (tertiary/aromatic N) is 1. The van der Waals surface area contributed by atoms with E-state index in [0.717, 1.165) is 24.2 Å². The average Bonchev–Trinajstić information content (AvgIpc) is 2.42. The van der Waals surface area contributed by atoms with Crippen molar-refractivity contribution in [2.45, 2.75) is 32.7 Å². The predicted molar refractivity (Wildman–Crippen MR) is 81.8 cm³/mol. The summed E-state index contributed by atoms with van der Waals surface area (Å²) in [4.78, 5) is 4.27. The molecule has 1 heterocycles. The van der Waals surface area contributed by atoms with Gasteiger partial charge < -0.3 is 5.32 Å². The van der Waals surface area contributed by atoms with Crippen molar-refractivity contribution in [2.24, 2.45) is 0 Å². The first-order valence-corrected chi connectivity index (χ1v) is 7.00. The molecule has 0 amide bonds. The van der Waals surface area contributed by atoms with Gasteiger partial charge in [0.2, 0.25) is 0 Å². The minimum Gasteiger partial charge on any atom is -0.381 e. The van der Waals surface area contributed by atoms with Crippen molar-refractivity contribution < 1.29 is 0 Å². The number of aromatic nitrogens is 1. The fourth-order valence-corrected chi connectivity index (χ4v) is 2.29. The number of hydrogen-bond donors (Lipinski definition) is 1. The largest absolute Gasteiger partial charge is 0.381 e. The van der Waals surface area contributed by atoms with Gasteiger partial charge in [-0.15, -0.1) is 0 Å². The number of nitrogens with one attached hydrogen (secondary N) is 1. The quantitative estimate of drug-likeness (QED) is 0.814. The Morgan fingerprint density at radius 3 is 2.53 bits per heavy atom. The Bertz CT molecular complexity index is 526. The highest BCUT2D eigenvalue weighted by Gasteiger charge is 2.09. The summed E-state index contributed by atoms with van der Waals surface area (Å²) in [6.45, 7) is 4.17. The zero-order valence-corrected chi connectivity index (χ0v) is 12.1. The minimum absolute atomic E-state index is 0.407. The van der Waals surface area contributed by atoms with Crippen molar-refractivity contribution in [3.63, 3.8) is 0 Å². The fraction of sp³-hybridized carbons (Fsp3) is 0.312. The number of anilines is 1. The molecule has 2 nitrogen and oxygen atoms in total. The fourth-order valence-electron chi connectivity index (χ4n) is 2.10. The van der Waals surface area contributed by atoms with Gasteiger partial charge in [-0.3, -0.25) is 0 Å². The van der Waals surface area contributed by atoms with E-state index in [4.69, 9.17) is 11.6 Å². The molecule has 0 bridgehead atoms. The van der Waals surface area contributed by atoms with Crippen LogP contribution in [0, 0.1) is 6.92 Å². The minimum atomic E-state index is 0.407. The van der Waals surface area contributed by atoms with Crippen LogP contribution in [-0.2, 0) is 6.42 Å². The molecule has 0 aliphatic carbocycles. The van der Waals surface area contributed by atoms with Gasteiger partial charge in [0.1, 0.15) is 5.15 Å². The first-order chi connectivity index (χ1) is 9.19. The molecule has 0 aliphatic rings. The Morgan fingerprint density at radius 1 is 1.16 bits per heavy atom. The van der Waals surface area contributed by atoms with Gasteiger partial charge in [-0.1, -0.05) is 48.9 Å². The standard InChI is InChI=1S/C16H19ClN2/c1-3-14(11-13-7-5-4-6-8-13)19-15-9-10-16(17)18-12(15)2/h4-10,14,19H,3,11H2,1-2H3. The van der Waals surface area contributed by atoms with Gasteiger partial charge in [0, 0.05) is 6.04 Å². The molecule has 0 aliphatic heterocycles. The van der Waals surface area contributed by atoms with Crippen LogP contribution in [0.4, 0.5) is 5.69 Å². The molecular formula is C16H19ClN2. The number of aryl methyl sites for hydroxylation is 1. The van der Waals surface area contributed by atoms with Crippen molar-refractivity contribution in [1.29, 1.82) is 0 Å². The molecule has 0 fully saturated rings. The third-order valence-electron chi connectivity index (χ3n) is 3.23. The summed E-state index contributed by atoms with van der Waals surface area (Å²) in [7, 11) is 0. The Kier molecular flexibility index (Phi) is 4.80. The van der Waals surface area contributed by atoms with Crippen LogP contribution in [0.15, 0.2) is 42.5 Å². The molecule has 1 aromatic heterocycles. The lowest BCUT2D eigenvalue weighted by Gasteiger charge is -2.19. The van der Waals surface area contributed by atoms with E-state index >= 15 is 0 Å². The molecule has 2 rings (SSSR count). The van der Waals surface area contributed by atoms with E-state index in [9.17, 15) is 0 Å². The topological polar surface area (TPSA) is 24.9 Å². The van der Waals surface area contributed by atoms with E-state index in [-0.39, 0.29) is 0 Å². The zero-order chi connectivity index (χ0) is 13.7. The van der Waals surface area contributed by atoms with Crippen LogP contribution in [0.3, 0.4) is 0 Å². The van der Waals surface area contributed by atoms with Crippen LogP contribution >= 0.6 is 11.6 Å². The second-order valence-corrected chi connectivity index (χ2v) is 5.09. The van der Waals surface area contributed by atoms with Gasteiger partial charge in [0.05, 0.1) is 11.4 Å². The molecule has 2 aromatic rings. The van der Waals surface area contributed by atoms with E-state index in [1.807, 2.05) is 25.1 Å². The van der Waals surface area contributed by atoms with Crippen LogP contribution < -0.4 is 5.32 Å². The van der Waals surface area contributed by atoms with Crippen LogP contribution in [-0.4, -0.2) is 11.0 Å². The van der Waals surface area contributed by atoms with E-state index < -0.39 is 0 Å². The monoisotopic (exact) mass is 274 g/mol. The molecule has 0 saturated heterocycles. The van der Waals surface area contributed by atoms with Crippen molar-refractivity contribution in [3.05, 3.63) is 58.9 Å². The molecule has 3 heteroatoms. The SMILES string of the molecule is CCC(Cc1ccccc1)Nc1ccc(Cl)nc1C. The molecule has 1 aromatic carbocycles. The predicted octanol–water partition coefficient (Wildman–Crippen LogP) is 4.48. The average molecular weight is 275 g/mol. The van der Waals surface area contributed by atoms with Gasteiger partial charge in [-0.2, -0.15) is 0 Å². The van der Waals surface area contributed by atoms with E-state index in [1.165, 1.54) is 5.56 Å². The molecule has 0 radical (unpaired) electrons. The van der Waals surface area contributed by atoms with Crippen molar-refractivity contribution in [3.8, 4) is 0 Å². The van der Waals surface area contributed by atoms with E-state index in [1.54, 1.807) is 0 Å². The summed E-state index contributed by atoms with van der Waals surface area (Å²) < 4.78 is 0. The molecule has 100 valence electrons. The lowest BCUT2D eigenvalue weighted by molar-refractivity contribution is 0.689. The highest BCUT2D eigenvalue weighted by Crippen LogP contribution is 2.18. The third kappa shape index (κ3) is 3.97. The zero-order valence-electron chi connectivity index (χ0n) is 11.4. The van der Waals surface area contributed by atoms with Crippen LogP contribution in [0.5, 0.6) is 0 Å². The van der Waals surface area contributed by atoms with Crippen molar-refractivity contribution in [1.82, 2.24) is 4.98 Å². The van der Waals surface area contributed by atoms with Gasteiger partial charge in [-0.05, 0) is 37.5 Å². The van der Waals surface area contributed by atoms with Gasteiger partial charge in [0.25, 0.3) is 0 Å². The molecule has 19 heavy (non-hydrogen) atoms. The first kappa shape index (κ1) is 13.9. The lowest BCUT2D eigenvalue weighted by atomic mass is 10.0. The van der Waals surface area contributed by atoms with Crippen molar-refractivity contribution >= 4 is 17.3 Å². The molecule has 1 N–H and O–H groups in total. The molecule has 1 atom stereocenters. The third-order valence-corrected chi connectivity index (χ3v) is 3.44. The Labute approximate surface area is 119 Å². The summed E-state index contributed by atoms with van der Waals surface area (Å²) in [6, 6.07) is 14.8. The van der Waals surface area contributed by atoms with Gasteiger partial charge >= 0.3 is 0 Å². The normalized spacial score (nSPS) is 12.2. The van der Waals surface area contributed by atoms with Gasteiger partial charge in [-0.25, -0.2) is 4.98 Å². The Morgan fingerprint density at radius 2 is 1.89 bits per heavy atom. The first-order valence-electron chi connectivity index (χ1n) is 6.62.